The molecule has 4 aliphatic rings. The lowest BCUT2D eigenvalue weighted by molar-refractivity contribution is -0.0576. The highest BCUT2D eigenvalue weighted by Crippen LogP contribution is 2.67. The van der Waals surface area contributed by atoms with E-state index in [0.717, 1.165) is 49.0 Å². The highest BCUT2D eigenvalue weighted by molar-refractivity contribution is 7.95. The molecule has 0 aromatic heterocycles. The van der Waals surface area contributed by atoms with Gasteiger partial charge in [-0.05, 0) is 110 Å². The average Bonchev–Trinajstić information content (AvgIpc) is 3.03. The van der Waals surface area contributed by atoms with E-state index in [0.29, 0.717) is 16.1 Å². The number of allylic oxidation sites excluding steroid dienone is 1. The summed E-state index contributed by atoms with van der Waals surface area (Å²) in [6.07, 6.45) is 13.8. The van der Waals surface area contributed by atoms with E-state index >= 15 is 0 Å². The van der Waals surface area contributed by atoms with Gasteiger partial charge in [-0.25, -0.2) is 0 Å². The van der Waals surface area contributed by atoms with Gasteiger partial charge in [0.1, 0.15) is 0 Å². The van der Waals surface area contributed by atoms with E-state index in [4.69, 9.17) is 4.18 Å². The Hall–Kier alpha value is 0.01000. The molecule has 4 aliphatic carbocycles. The molecule has 2 nitrogen and oxygen atoms in total. The van der Waals surface area contributed by atoms with Crippen LogP contribution >= 0.6 is 12.0 Å². The molecule has 0 aliphatic heterocycles. The summed E-state index contributed by atoms with van der Waals surface area (Å²) >= 11 is 1.64. The number of hydrogen-bond donors (Lipinski definition) is 1. The second-order valence-electron chi connectivity index (χ2n) is 11.6. The first-order valence-electron chi connectivity index (χ1n) is 12.4. The molecule has 0 bridgehead atoms. The first kappa shape index (κ1) is 22.2. The maximum absolute atomic E-state index is 10.2. The van der Waals surface area contributed by atoms with Crippen molar-refractivity contribution >= 4 is 12.0 Å². The van der Waals surface area contributed by atoms with Gasteiger partial charge in [0.25, 0.3) is 0 Å². The first-order valence-corrected chi connectivity index (χ1v) is 13.2. The number of hydrogen-bond acceptors (Lipinski definition) is 3. The highest BCUT2D eigenvalue weighted by Gasteiger charge is 2.59. The maximum atomic E-state index is 10.2. The summed E-state index contributed by atoms with van der Waals surface area (Å²) in [7, 11) is 0. The van der Waals surface area contributed by atoms with Crippen LogP contribution < -0.4 is 0 Å². The predicted molar refractivity (Wildman–Crippen MR) is 124 cm³/mol. The molecule has 29 heavy (non-hydrogen) atoms. The van der Waals surface area contributed by atoms with Crippen LogP contribution in [-0.4, -0.2) is 23.1 Å². The third kappa shape index (κ3) is 3.98. The van der Waals surface area contributed by atoms with E-state index in [2.05, 4.69) is 40.7 Å². The third-order valence-electron chi connectivity index (χ3n) is 9.76. The van der Waals surface area contributed by atoms with Crippen LogP contribution in [0.5, 0.6) is 0 Å². The summed E-state index contributed by atoms with van der Waals surface area (Å²) in [4.78, 5) is 0. The lowest BCUT2D eigenvalue weighted by Crippen LogP contribution is -2.50. The zero-order valence-electron chi connectivity index (χ0n) is 19.5. The van der Waals surface area contributed by atoms with Crippen molar-refractivity contribution in [1.29, 1.82) is 0 Å². The van der Waals surface area contributed by atoms with Gasteiger partial charge in [0, 0.05) is 5.25 Å². The monoisotopic (exact) mass is 420 g/mol. The Morgan fingerprint density at radius 3 is 2.66 bits per heavy atom. The minimum atomic E-state index is -0.0903. The van der Waals surface area contributed by atoms with Gasteiger partial charge in [-0.3, -0.25) is 0 Å². The largest absolute Gasteiger partial charge is 0.393 e. The van der Waals surface area contributed by atoms with Gasteiger partial charge in [0.2, 0.25) is 0 Å². The molecule has 0 radical (unpaired) electrons. The number of rotatable bonds is 6. The van der Waals surface area contributed by atoms with Gasteiger partial charge in [-0.2, -0.15) is 0 Å². The van der Waals surface area contributed by atoms with Crippen molar-refractivity contribution < 1.29 is 9.29 Å². The average molecular weight is 421 g/mol. The summed E-state index contributed by atoms with van der Waals surface area (Å²) < 4.78 is 5.85. The van der Waals surface area contributed by atoms with E-state index in [1.54, 1.807) is 17.6 Å². The van der Waals surface area contributed by atoms with Crippen LogP contribution in [0.2, 0.25) is 0 Å². The van der Waals surface area contributed by atoms with Gasteiger partial charge in [0.05, 0.1) is 12.7 Å². The molecule has 0 heterocycles. The molecule has 1 N–H and O–H groups in total. The fraction of sp³-hybridized carbons (Fsp3) is 0.923. The molecular weight excluding hydrogens is 376 g/mol. The summed E-state index contributed by atoms with van der Waals surface area (Å²) in [6, 6.07) is 0. The van der Waals surface area contributed by atoms with Crippen molar-refractivity contribution in [1.82, 2.24) is 0 Å². The van der Waals surface area contributed by atoms with Gasteiger partial charge in [-0.15, -0.1) is 0 Å². The standard InChI is InChI=1S/C26H44O2S/c1-17(2)29-28-15-12-18(3)22-8-9-23-21-7-6-19-16-20(27)10-13-25(19,4)24(21)11-14-26(22,23)5/h6,17-18,20-24,27H,7-16H2,1-5H3/t18-,20+,21+,22-,23+,24+,25+,26-/m1/s1. The predicted octanol–water partition coefficient (Wildman–Crippen LogP) is 7.03. The normalized spacial score (nSPS) is 45.3. The molecular formula is C26H44O2S. The molecule has 3 saturated carbocycles. The van der Waals surface area contributed by atoms with Crippen LogP contribution in [0.25, 0.3) is 0 Å². The van der Waals surface area contributed by atoms with Crippen LogP contribution in [-0.2, 0) is 4.18 Å². The van der Waals surface area contributed by atoms with Gasteiger partial charge >= 0.3 is 0 Å². The lowest BCUT2D eigenvalue weighted by atomic mass is 9.47. The smallest absolute Gasteiger partial charge is 0.0616 e. The summed E-state index contributed by atoms with van der Waals surface area (Å²) in [5.74, 6) is 4.27. The van der Waals surface area contributed by atoms with Gasteiger partial charge < -0.3 is 9.29 Å². The first-order chi connectivity index (χ1) is 13.8. The summed E-state index contributed by atoms with van der Waals surface area (Å²) in [5.41, 5.74) is 2.50. The summed E-state index contributed by atoms with van der Waals surface area (Å²) in [5, 5.41) is 10.8. The van der Waals surface area contributed by atoms with Crippen LogP contribution in [0.3, 0.4) is 0 Å². The quantitative estimate of drug-likeness (QED) is 0.284. The minimum absolute atomic E-state index is 0.0903. The minimum Gasteiger partial charge on any atom is -0.393 e. The molecule has 3 fully saturated rings. The van der Waals surface area contributed by atoms with Crippen molar-refractivity contribution in [3.05, 3.63) is 11.6 Å². The van der Waals surface area contributed by atoms with Crippen molar-refractivity contribution in [2.75, 3.05) is 6.61 Å². The van der Waals surface area contributed by atoms with Crippen molar-refractivity contribution in [3.63, 3.8) is 0 Å². The second-order valence-corrected chi connectivity index (χ2v) is 13.0. The molecule has 4 rings (SSSR count). The van der Waals surface area contributed by atoms with Crippen molar-refractivity contribution in [2.24, 2.45) is 40.4 Å². The van der Waals surface area contributed by atoms with Gasteiger partial charge in [0.15, 0.2) is 0 Å². The zero-order chi connectivity index (χ0) is 20.8. The summed E-state index contributed by atoms with van der Waals surface area (Å²) in [6.45, 7) is 13.0. The Bertz CT molecular complexity index is 616. The Morgan fingerprint density at radius 2 is 1.90 bits per heavy atom. The number of aliphatic hydroxyl groups is 1. The Morgan fingerprint density at radius 1 is 1.10 bits per heavy atom. The third-order valence-corrected chi connectivity index (χ3v) is 10.4. The van der Waals surface area contributed by atoms with E-state index in [-0.39, 0.29) is 6.10 Å². The van der Waals surface area contributed by atoms with Crippen molar-refractivity contribution in [3.8, 4) is 0 Å². The Kier molecular flexibility index (Phi) is 6.52. The molecule has 0 aromatic carbocycles. The molecule has 166 valence electrons. The van der Waals surface area contributed by atoms with Gasteiger partial charge in [-0.1, -0.05) is 46.3 Å². The van der Waals surface area contributed by atoms with Crippen LogP contribution in [0.1, 0.15) is 92.4 Å². The SMILES string of the molecule is CC(C)SOCC[C@@H](C)[C@H]1CC[C@H]2[C@@H]3CC=C4C[C@@H](O)CC[C@]4(C)[C@H]3CC[C@]12C. The Labute approximate surface area is 183 Å². The number of fused-ring (bicyclic) bond motifs is 5. The topological polar surface area (TPSA) is 29.5 Å². The molecule has 0 saturated heterocycles. The van der Waals surface area contributed by atoms with E-state index in [9.17, 15) is 5.11 Å². The van der Waals surface area contributed by atoms with E-state index < -0.39 is 0 Å². The maximum Gasteiger partial charge on any atom is 0.0616 e. The van der Waals surface area contributed by atoms with Crippen LogP contribution in [0, 0.1) is 40.4 Å². The number of aliphatic hydroxyl groups excluding tert-OH is 1. The molecule has 8 atom stereocenters. The molecule has 0 unspecified atom stereocenters. The van der Waals surface area contributed by atoms with E-state index in [1.165, 1.54) is 44.9 Å². The van der Waals surface area contributed by atoms with Crippen LogP contribution in [0.15, 0.2) is 11.6 Å². The Balaban J connectivity index is 1.44. The van der Waals surface area contributed by atoms with Crippen LogP contribution in [0.4, 0.5) is 0 Å². The van der Waals surface area contributed by atoms with E-state index in [1.807, 2.05) is 0 Å². The van der Waals surface area contributed by atoms with Crippen molar-refractivity contribution in [2.45, 2.75) is 104 Å². The zero-order valence-corrected chi connectivity index (χ0v) is 20.3. The molecule has 0 amide bonds. The highest BCUT2D eigenvalue weighted by atomic mass is 32.2. The lowest BCUT2D eigenvalue weighted by Gasteiger charge is -2.58. The fourth-order valence-corrected chi connectivity index (χ4v) is 8.70. The molecule has 0 aromatic rings. The molecule has 3 heteroatoms. The molecule has 0 spiro atoms. The second kappa shape index (κ2) is 8.51. The fourth-order valence-electron chi connectivity index (χ4n) is 8.24.